The van der Waals surface area contributed by atoms with Gasteiger partial charge in [-0.05, 0) is 12.1 Å². The molecule has 1 aromatic heterocycles. The SMILES string of the molecule is O=C(Cn1ccnc1-c1ccccc1)NCC1COc2ccccc2O1. The molecule has 0 saturated carbocycles. The number of imidazole rings is 1. The molecule has 1 unspecified atom stereocenters. The van der Waals surface area contributed by atoms with Gasteiger partial charge in [0.05, 0.1) is 6.54 Å². The summed E-state index contributed by atoms with van der Waals surface area (Å²) in [5.41, 5.74) is 0.978. The van der Waals surface area contributed by atoms with Gasteiger partial charge in [0.25, 0.3) is 0 Å². The number of amides is 1. The van der Waals surface area contributed by atoms with Crippen molar-refractivity contribution in [2.24, 2.45) is 0 Å². The summed E-state index contributed by atoms with van der Waals surface area (Å²) in [6, 6.07) is 17.3. The lowest BCUT2D eigenvalue weighted by Gasteiger charge is -2.26. The van der Waals surface area contributed by atoms with Gasteiger partial charge in [0.15, 0.2) is 11.5 Å². The molecule has 1 aliphatic heterocycles. The zero-order valence-electron chi connectivity index (χ0n) is 14.2. The van der Waals surface area contributed by atoms with E-state index in [4.69, 9.17) is 9.47 Å². The number of nitrogens with zero attached hydrogens (tertiary/aromatic N) is 2. The van der Waals surface area contributed by atoms with Crippen molar-refractivity contribution in [3.63, 3.8) is 0 Å². The Morgan fingerprint density at radius 1 is 1.12 bits per heavy atom. The van der Waals surface area contributed by atoms with Crippen molar-refractivity contribution in [3.05, 3.63) is 67.0 Å². The van der Waals surface area contributed by atoms with Gasteiger partial charge in [-0.25, -0.2) is 4.98 Å². The van der Waals surface area contributed by atoms with Crippen LogP contribution >= 0.6 is 0 Å². The number of ether oxygens (including phenoxy) is 2. The van der Waals surface area contributed by atoms with Crippen LogP contribution in [0.1, 0.15) is 0 Å². The van der Waals surface area contributed by atoms with Gasteiger partial charge in [0.1, 0.15) is 25.1 Å². The molecular formula is C20H19N3O3. The summed E-state index contributed by atoms with van der Waals surface area (Å²) < 4.78 is 13.3. The Kier molecular flexibility index (Phi) is 4.55. The Labute approximate surface area is 151 Å². The third-order valence-electron chi connectivity index (χ3n) is 4.16. The number of para-hydroxylation sites is 2. The summed E-state index contributed by atoms with van der Waals surface area (Å²) in [4.78, 5) is 16.7. The first-order valence-electron chi connectivity index (χ1n) is 8.51. The van der Waals surface area contributed by atoms with E-state index in [0.29, 0.717) is 18.9 Å². The molecule has 0 spiro atoms. The molecule has 0 bridgehead atoms. The summed E-state index contributed by atoms with van der Waals surface area (Å²) >= 11 is 0. The van der Waals surface area contributed by atoms with Crippen LogP contribution in [0.4, 0.5) is 0 Å². The van der Waals surface area contributed by atoms with E-state index < -0.39 is 0 Å². The van der Waals surface area contributed by atoms with Crippen molar-refractivity contribution >= 4 is 5.91 Å². The van der Waals surface area contributed by atoms with E-state index in [-0.39, 0.29) is 18.6 Å². The Bertz CT molecular complexity index is 892. The molecule has 26 heavy (non-hydrogen) atoms. The molecule has 2 aromatic carbocycles. The van der Waals surface area contributed by atoms with E-state index in [0.717, 1.165) is 17.1 Å². The highest BCUT2D eigenvalue weighted by Gasteiger charge is 2.21. The van der Waals surface area contributed by atoms with Gasteiger partial charge in [0.2, 0.25) is 5.91 Å². The first-order valence-corrected chi connectivity index (χ1v) is 8.51. The quantitative estimate of drug-likeness (QED) is 0.769. The molecule has 1 amide bonds. The average Bonchev–Trinajstić information content (AvgIpc) is 3.15. The van der Waals surface area contributed by atoms with Crippen LogP contribution in [0.3, 0.4) is 0 Å². The van der Waals surface area contributed by atoms with Crippen molar-refractivity contribution in [2.75, 3.05) is 13.2 Å². The maximum atomic E-state index is 12.3. The standard InChI is InChI=1S/C20H19N3O3/c24-19(13-23-11-10-21-20(23)15-6-2-1-3-7-15)22-12-16-14-25-17-8-4-5-9-18(17)26-16/h1-11,16H,12-14H2,(H,22,24). The van der Waals surface area contributed by atoms with Crippen LogP contribution < -0.4 is 14.8 Å². The summed E-state index contributed by atoms with van der Waals surface area (Å²) in [6.07, 6.45) is 3.30. The van der Waals surface area contributed by atoms with Gasteiger partial charge in [-0.2, -0.15) is 0 Å². The molecule has 6 nitrogen and oxygen atoms in total. The van der Waals surface area contributed by atoms with E-state index in [1.54, 1.807) is 12.4 Å². The molecule has 132 valence electrons. The van der Waals surface area contributed by atoms with Crippen molar-refractivity contribution in [2.45, 2.75) is 12.6 Å². The second kappa shape index (κ2) is 7.31. The van der Waals surface area contributed by atoms with Crippen molar-refractivity contribution in [1.29, 1.82) is 0 Å². The first-order chi connectivity index (χ1) is 12.8. The molecule has 0 aliphatic carbocycles. The molecule has 2 heterocycles. The lowest BCUT2D eigenvalue weighted by molar-refractivity contribution is -0.122. The largest absolute Gasteiger partial charge is 0.486 e. The van der Waals surface area contributed by atoms with Crippen LogP contribution in [-0.4, -0.2) is 34.7 Å². The summed E-state index contributed by atoms with van der Waals surface area (Å²) in [5.74, 6) is 2.12. The molecule has 1 N–H and O–H groups in total. The number of benzene rings is 2. The molecule has 1 atom stereocenters. The van der Waals surface area contributed by atoms with Crippen LogP contribution in [-0.2, 0) is 11.3 Å². The van der Waals surface area contributed by atoms with Gasteiger partial charge >= 0.3 is 0 Å². The molecule has 1 aliphatic rings. The Morgan fingerprint density at radius 3 is 2.73 bits per heavy atom. The van der Waals surface area contributed by atoms with Crippen LogP contribution in [0, 0.1) is 0 Å². The van der Waals surface area contributed by atoms with Gasteiger partial charge in [0, 0.05) is 18.0 Å². The van der Waals surface area contributed by atoms with E-state index in [9.17, 15) is 4.79 Å². The zero-order valence-corrected chi connectivity index (χ0v) is 14.2. The molecule has 4 rings (SSSR count). The minimum absolute atomic E-state index is 0.0948. The normalized spacial score (nSPS) is 15.5. The Balaban J connectivity index is 1.34. The summed E-state index contributed by atoms with van der Waals surface area (Å²) in [6.45, 7) is 1.01. The zero-order chi connectivity index (χ0) is 17.8. The van der Waals surface area contributed by atoms with Gasteiger partial charge in [-0.1, -0.05) is 42.5 Å². The Morgan fingerprint density at radius 2 is 1.88 bits per heavy atom. The number of nitrogens with one attached hydrogen (secondary N) is 1. The van der Waals surface area contributed by atoms with Crippen LogP contribution in [0.15, 0.2) is 67.0 Å². The van der Waals surface area contributed by atoms with Crippen molar-refractivity contribution in [1.82, 2.24) is 14.9 Å². The van der Waals surface area contributed by atoms with Crippen LogP contribution in [0.25, 0.3) is 11.4 Å². The fourth-order valence-corrected chi connectivity index (χ4v) is 2.89. The number of carbonyl (C=O) groups excluding carboxylic acids is 1. The number of carbonyl (C=O) groups is 1. The number of rotatable bonds is 5. The number of hydrogen-bond donors (Lipinski definition) is 1. The second-order valence-corrected chi connectivity index (χ2v) is 6.05. The molecule has 6 heteroatoms. The third kappa shape index (κ3) is 3.54. The van der Waals surface area contributed by atoms with Crippen LogP contribution in [0.5, 0.6) is 11.5 Å². The van der Waals surface area contributed by atoms with Gasteiger partial charge < -0.3 is 19.4 Å². The maximum Gasteiger partial charge on any atom is 0.240 e. The summed E-state index contributed by atoms with van der Waals surface area (Å²) in [7, 11) is 0. The lowest BCUT2D eigenvalue weighted by Crippen LogP contribution is -2.41. The lowest BCUT2D eigenvalue weighted by atomic mass is 10.2. The average molecular weight is 349 g/mol. The third-order valence-corrected chi connectivity index (χ3v) is 4.16. The molecule has 0 fully saturated rings. The number of fused-ring (bicyclic) bond motifs is 1. The second-order valence-electron chi connectivity index (χ2n) is 6.05. The maximum absolute atomic E-state index is 12.3. The molecular weight excluding hydrogens is 330 g/mol. The van der Waals surface area contributed by atoms with Gasteiger partial charge in [-0.3, -0.25) is 4.79 Å². The van der Waals surface area contributed by atoms with E-state index in [1.165, 1.54) is 0 Å². The molecule has 0 radical (unpaired) electrons. The minimum atomic E-state index is -0.203. The minimum Gasteiger partial charge on any atom is -0.486 e. The fourth-order valence-electron chi connectivity index (χ4n) is 2.89. The van der Waals surface area contributed by atoms with E-state index in [2.05, 4.69) is 10.3 Å². The Hall–Kier alpha value is -3.28. The number of aromatic nitrogens is 2. The van der Waals surface area contributed by atoms with Crippen molar-refractivity contribution < 1.29 is 14.3 Å². The van der Waals surface area contributed by atoms with E-state index in [1.807, 2.05) is 59.2 Å². The highest BCUT2D eigenvalue weighted by atomic mass is 16.6. The predicted octanol–water partition coefficient (Wildman–Crippen LogP) is 2.51. The number of hydrogen-bond acceptors (Lipinski definition) is 4. The van der Waals surface area contributed by atoms with Gasteiger partial charge in [-0.15, -0.1) is 0 Å². The highest BCUT2D eigenvalue weighted by Crippen LogP contribution is 2.30. The van der Waals surface area contributed by atoms with Crippen LogP contribution in [0.2, 0.25) is 0 Å². The topological polar surface area (TPSA) is 65.4 Å². The fraction of sp³-hybridized carbons (Fsp3) is 0.200. The smallest absolute Gasteiger partial charge is 0.240 e. The highest BCUT2D eigenvalue weighted by molar-refractivity contribution is 5.76. The summed E-state index contributed by atoms with van der Waals surface area (Å²) in [5, 5.41) is 2.91. The molecule has 3 aromatic rings. The monoisotopic (exact) mass is 349 g/mol. The van der Waals surface area contributed by atoms with E-state index >= 15 is 0 Å². The predicted molar refractivity (Wildman–Crippen MR) is 97.0 cm³/mol. The first kappa shape index (κ1) is 16.2. The molecule has 0 saturated heterocycles. The van der Waals surface area contributed by atoms with Crippen molar-refractivity contribution in [3.8, 4) is 22.9 Å².